The fourth-order valence-corrected chi connectivity index (χ4v) is 2.55. The van der Waals surface area contributed by atoms with Crippen molar-refractivity contribution in [3.63, 3.8) is 0 Å². The van der Waals surface area contributed by atoms with Gasteiger partial charge in [0.2, 0.25) is 0 Å². The van der Waals surface area contributed by atoms with E-state index in [0.717, 1.165) is 25.4 Å². The summed E-state index contributed by atoms with van der Waals surface area (Å²) in [6.07, 6.45) is 0. The molecule has 0 aliphatic carbocycles. The van der Waals surface area contributed by atoms with Gasteiger partial charge >= 0.3 is 0 Å². The largest absolute Gasteiger partial charge is 0.497 e. The van der Waals surface area contributed by atoms with Gasteiger partial charge in [-0.05, 0) is 36.6 Å². The molecule has 1 atom stereocenters. The Kier molecular flexibility index (Phi) is 4.12. The van der Waals surface area contributed by atoms with Crippen molar-refractivity contribution in [2.75, 3.05) is 31.6 Å². The molecule has 18 heavy (non-hydrogen) atoms. The van der Waals surface area contributed by atoms with E-state index in [-0.39, 0.29) is 0 Å². The van der Waals surface area contributed by atoms with Crippen LogP contribution in [0.25, 0.3) is 0 Å². The lowest BCUT2D eigenvalue weighted by molar-refractivity contribution is 0.368. The van der Waals surface area contributed by atoms with E-state index in [2.05, 4.69) is 49.2 Å². The maximum atomic E-state index is 5.27. The van der Waals surface area contributed by atoms with Gasteiger partial charge in [0, 0.05) is 31.4 Å². The van der Waals surface area contributed by atoms with Gasteiger partial charge in [0.05, 0.1) is 7.11 Å². The van der Waals surface area contributed by atoms with Crippen LogP contribution in [0.15, 0.2) is 18.2 Å². The van der Waals surface area contributed by atoms with Crippen LogP contribution in [0, 0.1) is 12.8 Å². The molecule has 0 radical (unpaired) electrons. The zero-order chi connectivity index (χ0) is 13.1. The topological polar surface area (TPSA) is 24.5 Å². The molecule has 2 rings (SSSR count). The van der Waals surface area contributed by atoms with E-state index in [1.807, 2.05) is 0 Å². The number of nitrogens with one attached hydrogen (secondary N) is 1. The van der Waals surface area contributed by atoms with E-state index in [9.17, 15) is 0 Å². The van der Waals surface area contributed by atoms with E-state index in [4.69, 9.17) is 4.74 Å². The average molecular weight is 248 g/mol. The lowest BCUT2D eigenvalue weighted by Crippen LogP contribution is -2.53. The van der Waals surface area contributed by atoms with E-state index in [1.165, 1.54) is 11.3 Å². The second kappa shape index (κ2) is 5.61. The summed E-state index contributed by atoms with van der Waals surface area (Å²) in [5, 5.41) is 3.59. The SMILES string of the molecule is COc1ccc(N2CCNC(C(C)C)C2)c(C)c1. The Morgan fingerprint density at radius 3 is 2.78 bits per heavy atom. The molecule has 1 saturated heterocycles. The fourth-order valence-electron chi connectivity index (χ4n) is 2.55. The van der Waals surface area contributed by atoms with Crippen molar-refractivity contribution in [1.29, 1.82) is 0 Å². The van der Waals surface area contributed by atoms with Crippen LogP contribution in [0.4, 0.5) is 5.69 Å². The van der Waals surface area contributed by atoms with Crippen molar-refractivity contribution in [2.45, 2.75) is 26.8 Å². The first-order valence-electron chi connectivity index (χ1n) is 6.74. The molecule has 1 aromatic rings. The number of anilines is 1. The molecule has 1 heterocycles. The molecule has 3 nitrogen and oxygen atoms in total. The summed E-state index contributed by atoms with van der Waals surface area (Å²) in [5.41, 5.74) is 2.63. The predicted octanol–water partition coefficient (Wildman–Crippen LogP) is 2.44. The highest BCUT2D eigenvalue weighted by Crippen LogP contribution is 2.26. The molecular formula is C15H24N2O. The van der Waals surface area contributed by atoms with Crippen molar-refractivity contribution >= 4 is 5.69 Å². The molecule has 1 N–H and O–H groups in total. The minimum absolute atomic E-state index is 0.584. The summed E-state index contributed by atoms with van der Waals surface area (Å²) < 4.78 is 5.27. The van der Waals surface area contributed by atoms with Gasteiger partial charge in [0.25, 0.3) is 0 Å². The molecule has 3 heteroatoms. The van der Waals surface area contributed by atoms with Crippen LogP contribution in [-0.4, -0.2) is 32.8 Å². The van der Waals surface area contributed by atoms with Crippen molar-refractivity contribution in [2.24, 2.45) is 5.92 Å². The zero-order valence-corrected chi connectivity index (χ0v) is 11.9. The maximum Gasteiger partial charge on any atom is 0.119 e. The van der Waals surface area contributed by atoms with E-state index < -0.39 is 0 Å². The second-order valence-electron chi connectivity index (χ2n) is 5.40. The summed E-state index contributed by atoms with van der Waals surface area (Å²) in [7, 11) is 1.72. The third-order valence-electron chi connectivity index (χ3n) is 3.75. The number of rotatable bonds is 3. The second-order valence-corrected chi connectivity index (χ2v) is 5.40. The van der Waals surface area contributed by atoms with Crippen LogP contribution >= 0.6 is 0 Å². The van der Waals surface area contributed by atoms with E-state index in [0.29, 0.717) is 12.0 Å². The monoisotopic (exact) mass is 248 g/mol. The van der Waals surface area contributed by atoms with Crippen LogP contribution in [0.5, 0.6) is 5.75 Å². The summed E-state index contributed by atoms with van der Waals surface area (Å²) in [5.74, 6) is 1.61. The minimum Gasteiger partial charge on any atom is -0.497 e. The zero-order valence-electron chi connectivity index (χ0n) is 11.9. The number of ether oxygens (including phenoxy) is 1. The Balaban J connectivity index is 2.15. The standard InChI is InChI=1S/C15H24N2O/c1-11(2)14-10-17(8-7-16-14)15-6-5-13(18-4)9-12(15)3/h5-6,9,11,14,16H,7-8,10H2,1-4H3. The number of aryl methyl sites for hydroxylation is 1. The van der Waals surface area contributed by atoms with Gasteiger partial charge < -0.3 is 15.0 Å². The molecular weight excluding hydrogens is 224 g/mol. The van der Waals surface area contributed by atoms with Crippen LogP contribution in [0.2, 0.25) is 0 Å². The number of hydrogen-bond acceptors (Lipinski definition) is 3. The molecule has 0 aromatic heterocycles. The van der Waals surface area contributed by atoms with Crippen LogP contribution in [0.1, 0.15) is 19.4 Å². The average Bonchev–Trinajstić information content (AvgIpc) is 2.38. The minimum atomic E-state index is 0.584. The third-order valence-corrected chi connectivity index (χ3v) is 3.75. The molecule has 0 saturated carbocycles. The highest BCUT2D eigenvalue weighted by atomic mass is 16.5. The van der Waals surface area contributed by atoms with E-state index >= 15 is 0 Å². The van der Waals surface area contributed by atoms with Crippen LogP contribution in [-0.2, 0) is 0 Å². The van der Waals surface area contributed by atoms with Gasteiger partial charge in [-0.15, -0.1) is 0 Å². The molecule has 100 valence electrons. The number of nitrogens with zero attached hydrogens (tertiary/aromatic N) is 1. The molecule has 1 aliphatic rings. The smallest absolute Gasteiger partial charge is 0.119 e. The quantitative estimate of drug-likeness (QED) is 0.889. The number of hydrogen-bond donors (Lipinski definition) is 1. The Morgan fingerprint density at radius 1 is 1.39 bits per heavy atom. The molecule has 0 bridgehead atoms. The normalized spacial score (nSPS) is 20.3. The lowest BCUT2D eigenvalue weighted by atomic mass is 10.0. The van der Waals surface area contributed by atoms with Crippen molar-refractivity contribution < 1.29 is 4.74 Å². The van der Waals surface area contributed by atoms with Gasteiger partial charge in [0.1, 0.15) is 5.75 Å². The van der Waals surface area contributed by atoms with Gasteiger partial charge in [-0.1, -0.05) is 13.8 Å². The molecule has 1 aromatic carbocycles. The van der Waals surface area contributed by atoms with Crippen LogP contribution in [0.3, 0.4) is 0 Å². The Hall–Kier alpha value is -1.22. The number of methoxy groups -OCH3 is 1. The maximum absolute atomic E-state index is 5.27. The van der Waals surface area contributed by atoms with E-state index in [1.54, 1.807) is 7.11 Å². The van der Waals surface area contributed by atoms with Gasteiger partial charge in [-0.2, -0.15) is 0 Å². The van der Waals surface area contributed by atoms with Crippen molar-refractivity contribution in [3.05, 3.63) is 23.8 Å². The molecule has 0 amide bonds. The number of benzene rings is 1. The van der Waals surface area contributed by atoms with Gasteiger partial charge in [0.15, 0.2) is 0 Å². The summed E-state index contributed by atoms with van der Waals surface area (Å²) in [6.45, 7) is 9.95. The molecule has 0 spiro atoms. The van der Waals surface area contributed by atoms with Crippen LogP contribution < -0.4 is 15.0 Å². The Labute approximate surface area is 110 Å². The molecule has 1 fully saturated rings. The van der Waals surface area contributed by atoms with Gasteiger partial charge in [-0.25, -0.2) is 0 Å². The highest BCUT2D eigenvalue weighted by Gasteiger charge is 2.22. The van der Waals surface area contributed by atoms with Crippen molar-refractivity contribution in [3.8, 4) is 5.75 Å². The fraction of sp³-hybridized carbons (Fsp3) is 0.600. The highest BCUT2D eigenvalue weighted by molar-refractivity contribution is 5.56. The first-order chi connectivity index (χ1) is 8.61. The predicted molar refractivity (Wildman–Crippen MR) is 76.6 cm³/mol. The first kappa shape index (κ1) is 13.2. The third kappa shape index (κ3) is 2.78. The van der Waals surface area contributed by atoms with Gasteiger partial charge in [-0.3, -0.25) is 0 Å². The Bertz CT molecular complexity index is 403. The lowest BCUT2D eigenvalue weighted by Gasteiger charge is -2.38. The number of piperazine rings is 1. The van der Waals surface area contributed by atoms with Crippen molar-refractivity contribution in [1.82, 2.24) is 5.32 Å². The molecule has 1 aliphatic heterocycles. The summed E-state index contributed by atoms with van der Waals surface area (Å²) >= 11 is 0. The molecule has 1 unspecified atom stereocenters. The first-order valence-corrected chi connectivity index (χ1v) is 6.74. The summed E-state index contributed by atoms with van der Waals surface area (Å²) in [6, 6.07) is 6.92. The Morgan fingerprint density at radius 2 is 2.17 bits per heavy atom. The summed E-state index contributed by atoms with van der Waals surface area (Å²) in [4.78, 5) is 2.48.